The third-order valence-electron chi connectivity index (χ3n) is 2.66. The van der Waals surface area contributed by atoms with Gasteiger partial charge in [-0.3, -0.25) is 4.68 Å². The predicted molar refractivity (Wildman–Crippen MR) is 68.9 cm³/mol. The lowest BCUT2D eigenvalue weighted by Gasteiger charge is -2.15. The first kappa shape index (κ1) is 13.4. The first-order chi connectivity index (χ1) is 7.60. The molecule has 5 heteroatoms. The maximum atomic E-state index is 6.16. The summed E-state index contributed by atoms with van der Waals surface area (Å²) in [5, 5.41) is 4.80. The fourth-order valence-corrected chi connectivity index (χ4v) is 2.40. The summed E-state index contributed by atoms with van der Waals surface area (Å²) >= 11 is 1.89. The van der Waals surface area contributed by atoms with Gasteiger partial charge >= 0.3 is 0 Å². The van der Waals surface area contributed by atoms with E-state index in [1.54, 1.807) is 18.0 Å². The summed E-state index contributed by atoms with van der Waals surface area (Å²) in [6.45, 7) is 4.41. The summed E-state index contributed by atoms with van der Waals surface area (Å²) in [5.41, 5.74) is 7.13. The van der Waals surface area contributed by atoms with Gasteiger partial charge < -0.3 is 10.5 Å². The minimum atomic E-state index is -0.0264. The molecule has 0 aliphatic heterocycles. The first-order valence-corrected chi connectivity index (χ1v) is 6.58. The molecule has 2 N–H and O–H groups in total. The second-order valence-electron chi connectivity index (χ2n) is 3.88. The van der Waals surface area contributed by atoms with E-state index in [1.807, 2.05) is 18.8 Å². The van der Waals surface area contributed by atoms with Crippen LogP contribution in [0.3, 0.4) is 0 Å². The van der Waals surface area contributed by atoms with E-state index in [-0.39, 0.29) is 6.04 Å². The molecule has 0 aliphatic carbocycles. The van der Waals surface area contributed by atoms with Gasteiger partial charge in [0.2, 0.25) is 0 Å². The highest BCUT2D eigenvalue weighted by Gasteiger charge is 2.17. The van der Waals surface area contributed by atoms with Gasteiger partial charge in [-0.05, 0) is 6.42 Å². The normalized spacial score (nSPS) is 14.8. The lowest BCUT2D eigenvalue weighted by atomic mass is 10.2. The van der Waals surface area contributed by atoms with Crippen molar-refractivity contribution in [1.82, 2.24) is 9.78 Å². The Bertz CT molecular complexity index is 327. The van der Waals surface area contributed by atoms with Crippen molar-refractivity contribution in [1.29, 1.82) is 0 Å². The molecule has 0 aliphatic rings. The second-order valence-corrected chi connectivity index (χ2v) is 5.35. The highest BCUT2D eigenvalue weighted by atomic mass is 32.2. The first-order valence-electron chi connectivity index (χ1n) is 5.53. The van der Waals surface area contributed by atoms with Gasteiger partial charge in [-0.1, -0.05) is 13.8 Å². The highest BCUT2D eigenvalue weighted by Crippen LogP contribution is 2.26. The number of ether oxygens (including phenoxy) is 1. The number of nitrogens with two attached hydrogens (primary N) is 1. The summed E-state index contributed by atoms with van der Waals surface area (Å²) in [6, 6.07) is -0.0264. The quantitative estimate of drug-likeness (QED) is 0.830. The van der Waals surface area contributed by atoms with Gasteiger partial charge in [0.25, 0.3) is 0 Å². The van der Waals surface area contributed by atoms with Crippen LogP contribution in [-0.4, -0.2) is 27.9 Å². The van der Waals surface area contributed by atoms with Crippen LogP contribution in [0, 0.1) is 0 Å². The zero-order valence-corrected chi connectivity index (χ0v) is 11.3. The predicted octanol–water partition coefficient (Wildman–Crippen LogP) is 1.96. The Balaban J connectivity index is 2.64. The Morgan fingerprint density at radius 2 is 2.31 bits per heavy atom. The Labute approximate surface area is 102 Å². The molecule has 2 unspecified atom stereocenters. The summed E-state index contributed by atoms with van der Waals surface area (Å²) in [4.78, 5) is 0. The van der Waals surface area contributed by atoms with E-state index >= 15 is 0 Å². The monoisotopic (exact) mass is 243 g/mol. The van der Waals surface area contributed by atoms with E-state index in [0.717, 1.165) is 17.2 Å². The van der Waals surface area contributed by atoms with Gasteiger partial charge in [0.1, 0.15) is 0 Å². The van der Waals surface area contributed by atoms with E-state index in [2.05, 4.69) is 18.9 Å². The van der Waals surface area contributed by atoms with Gasteiger partial charge in [0.15, 0.2) is 5.75 Å². The topological polar surface area (TPSA) is 53.1 Å². The van der Waals surface area contributed by atoms with Crippen molar-refractivity contribution < 1.29 is 4.74 Å². The Kier molecular flexibility index (Phi) is 5.15. The van der Waals surface area contributed by atoms with Crippen LogP contribution in [0.5, 0.6) is 5.75 Å². The number of aromatic nitrogens is 2. The lowest BCUT2D eigenvalue weighted by Crippen LogP contribution is -2.19. The number of thioether (sulfide) groups is 1. The Morgan fingerprint density at radius 1 is 1.62 bits per heavy atom. The van der Waals surface area contributed by atoms with Crippen molar-refractivity contribution in [2.45, 2.75) is 31.6 Å². The number of hydrogen-bond donors (Lipinski definition) is 1. The van der Waals surface area contributed by atoms with Gasteiger partial charge in [-0.15, -0.1) is 0 Å². The zero-order chi connectivity index (χ0) is 12.1. The second kappa shape index (κ2) is 6.15. The van der Waals surface area contributed by atoms with Crippen molar-refractivity contribution in [2.75, 3.05) is 12.9 Å². The van der Waals surface area contributed by atoms with Crippen LogP contribution < -0.4 is 10.5 Å². The van der Waals surface area contributed by atoms with Crippen molar-refractivity contribution in [3.8, 4) is 5.75 Å². The number of nitrogens with zero attached hydrogens (tertiary/aromatic N) is 2. The van der Waals surface area contributed by atoms with Gasteiger partial charge in [0.05, 0.1) is 25.0 Å². The van der Waals surface area contributed by atoms with Crippen LogP contribution in [0.1, 0.15) is 32.0 Å². The minimum absolute atomic E-state index is 0.0264. The van der Waals surface area contributed by atoms with Crippen molar-refractivity contribution >= 4 is 11.8 Å². The maximum Gasteiger partial charge on any atom is 0.161 e. The molecule has 4 nitrogen and oxygen atoms in total. The van der Waals surface area contributed by atoms with Crippen LogP contribution in [0.4, 0.5) is 0 Å². The highest BCUT2D eigenvalue weighted by molar-refractivity contribution is 7.99. The van der Waals surface area contributed by atoms with Gasteiger partial charge in [-0.25, -0.2) is 0 Å². The van der Waals surface area contributed by atoms with Crippen LogP contribution in [0.15, 0.2) is 6.20 Å². The molecular weight excluding hydrogens is 222 g/mol. The molecule has 1 heterocycles. The molecule has 1 aromatic rings. The van der Waals surface area contributed by atoms with Crippen LogP contribution in [0.25, 0.3) is 0 Å². The van der Waals surface area contributed by atoms with Crippen LogP contribution in [0.2, 0.25) is 0 Å². The Morgan fingerprint density at radius 3 is 2.88 bits per heavy atom. The third kappa shape index (κ3) is 3.15. The van der Waals surface area contributed by atoms with E-state index in [9.17, 15) is 0 Å². The molecule has 1 aromatic heterocycles. The molecule has 0 saturated carbocycles. The standard InChI is InChI=1S/C11H21N3OS/c1-5-8(2)16-7-9(12)11-10(15-4)6-13-14(11)3/h6,8-9H,5,7,12H2,1-4H3. The summed E-state index contributed by atoms with van der Waals surface area (Å²) < 4.78 is 7.04. The van der Waals surface area contributed by atoms with Crippen molar-refractivity contribution in [3.05, 3.63) is 11.9 Å². The van der Waals surface area contributed by atoms with Crippen LogP contribution in [-0.2, 0) is 7.05 Å². The van der Waals surface area contributed by atoms with Gasteiger partial charge in [-0.2, -0.15) is 16.9 Å². The van der Waals surface area contributed by atoms with Gasteiger partial charge in [0, 0.05) is 18.1 Å². The lowest BCUT2D eigenvalue weighted by molar-refractivity contribution is 0.405. The zero-order valence-electron chi connectivity index (χ0n) is 10.4. The maximum absolute atomic E-state index is 6.16. The number of methoxy groups -OCH3 is 1. The molecule has 92 valence electrons. The number of rotatable bonds is 6. The molecule has 0 amide bonds. The Hall–Kier alpha value is -0.680. The van der Waals surface area contributed by atoms with E-state index in [0.29, 0.717) is 5.25 Å². The average molecular weight is 243 g/mol. The summed E-state index contributed by atoms with van der Waals surface area (Å²) in [5.74, 6) is 1.67. The molecule has 0 spiro atoms. The van der Waals surface area contributed by atoms with Crippen LogP contribution >= 0.6 is 11.8 Å². The molecule has 0 saturated heterocycles. The number of hydrogen-bond acceptors (Lipinski definition) is 4. The smallest absolute Gasteiger partial charge is 0.161 e. The molecule has 0 bridgehead atoms. The molecular formula is C11H21N3OS. The van der Waals surface area contributed by atoms with Crippen molar-refractivity contribution in [2.24, 2.45) is 12.8 Å². The summed E-state index contributed by atoms with van der Waals surface area (Å²) in [7, 11) is 3.54. The molecule has 0 aromatic carbocycles. The fraction of sp³-hybridized carbons (Fsp3) is 0.727. The van der Waals surface area contributed by atoms with E-state index < -0.39 is 0 Å². The average Bonchev–Trinajstić information content (AvgIpc) is 2.66. The molecule has 1 rings (SSSR count). The minimum Gasteiger partial charge on any atom is -0.493 e. The molecule has 0 radical (unpaired) electrons. The number of aryl methyl sites for hydroxylation is 1. The SMILES string of the molecule is CCC(C)SCC(N)c1c(OC)cnn1C. The largest absolute Gasteiger partial charge is 0.493 e. The molecule has 0 fully saturated rings. The van der Waals surface area contributed by atoms with Crippen molar-refractivity contribution in [3.63, 3.8) is 0 Å². The molecule has 16 heavy (non-hydrogen) atoms. The fourth-order valence-electron chi connectivity index (χ4n) is 1.47. The third-order valence-corrected chi connectivity index (χ3v) is 4.11. The van der Waals surface area contributed by atoms with E-state index in [4.69, 9.17) is 10.5 Å². The molecule has 2 atom stereocenters. The van der Waals surface area contributed by atoms with E-state index in [1.165, 1.54) is 6.42 Å². The summed E-state index contributed by atoms with van der Waals surface area (Å²) in [6.07, 6.45) is 2.88.